The topological polar surface area (TPSA) is 55.5 Å². The molecule has 0 bridgehead atoms. The molecule has 0 saturated carbocycles. The van der Waals surface area contributed by atoms with Gasteiger partial charge in [-0.3, -0.25) is 0 Å². The molecule has 1 unspecified atom stereocenters. The molecule has 24 heavy (non-hydrogen) atoms. The summed E-state index contributed by atoms with van der Waals surface area (Å²) in [4.78, 5) is 11.1. The fourth-order valence-corrected chi connectivity index (χ4v) is 3.18. The Morgan fingerprint density at radius 1 is 1.25 bits per heavy atom. The minimum atomic E-state index is 0.274. The van der Waals surface area contributed by atoms with E-state index in [1.54, 1.807) is 10.8 Å². The molecule has 3 heterocycles. The van der Waals surface area contributed by atoms with Crippen LogP contribution in [0.25, 0.3) is 17.0 Å². The lowest BCUT2D eigenvalue weighted by molar-refractivity contribution is 0.0215. The molecule has 4 rings (SSSR count). The van der Waals surface area contributed by atoms with Crippen molar-refractivity contribution in [3.8, 4) is 11.3 Å². The fraction of sp³-hybridized carbons (Fsp3) is 0.389. The average molecular weight is 323 g/mol. The summed E-state index contributed by atoms with van der Waals surface area (Å²) >= 11 is 0. The second-order valence-corrected chi connectivity index (χ2v) is 6.21. The van der Waals surface area contributed by atoms with Crippen LogP contribution in [0.15, 0.2) is 42.7 Å². The Labute approximate surface area is 141 Å². The molecule has 1 aliphatic rings. The number of benzene rings is 1. The first-order valence-corrected chi connectivity index (χ1v) is 8.40. The predicted molar refractivity (Wildman–Crippen MR) is 93.1 cm³/mol. The van der Waals surface area contributed by atoms with Gasteiger partial charge in [0.05, 0.1) is 11.8 Å². The lowest BCUT2D eigenvalue weighted by Crippen LogP contribution is -2.34. The van der Waals surface area contributed by atoms with E-state index in [1.165, 1.54) is 12.8 Å². The van der Waals surface area contributed by atoms with Gasteiger partial charge in [0, 0.05) is 31.8 Å². The van der Waals surface area contributed by atoms with Crippen LogP contribution in [0, 0.1) is 0 Å². The van der Waals surface area contributed by atoms with Crippen LogP contribution in [0.1, 0.15) is 19.3 Å². The van der Waals surface area contributed by atoms with Crippen molar-refractivity contribution in [3.63, 3.8) is 0 Å². The summed E-state index contributed by atoms with van der Waals surface area (Å²) < 4.78 is 7.66. The van der Waals surface area contributed by atoms with Gasteiger partial charge >= 0.3 is 0 Å². The summed E-state index contributed by atoms with van der Waals surface area (Å²) in [5, 5.41) is 4.33. The molecule has 1 aromatic carbocycles. The Kier molecular flexibility index (Phi) is 4.13. The number of likely N-dealkylation sites (N-methyl/N-ethyl adjacent to an activating group) is 1. The van der Waals surface area contributed by atoms with E-state index in [2.05, 4.69) is 45.2 Å². The zero-order valence-electron chi connectivity index (χ0n) is 13.8. The first kappa shape index (κ1) is 15.1. The number of ether oxygens (including phenoxy) is 1. The Hall–Kier alpha value is -2.47. The largest absolute Gasteiger partial charge is 0.376 e. The van der Waals surface area contributed by atoms with E-state index in [0.29, 0.717) is 5.78 Å². The number of fused-ring (bicyclic) bond motifs is 1. The maximum absolute atomic E-state index is 5.88. The van der Waals surface area contributed by atoms with Crippen LogP contribution in [-0.4, -0.2) is 45.9 Å². The number of hydrogen-bond acceptors (Lipinski definition) is 5. The van der Waals surface area contributed by atoms with E-state index in [-0.39, 0.29) is 6.10 Å². The minimum Gasteiger partial charge on any atom is -0.376 e. The molecule has 6 heteroatoms. The molecule has 0 amide bonds. The van der Waals surface area contributed by atoms with Crippen LogP contribution in [0.4, 0.5) is 5.82 Å². The van der Waals surface area contributed by atoms with Crippen molar-refractivity contribution in [2.45, 2.75) is 25.4 Å². The molecule has 0 spiro atoms. The molecule has 0 aliphatic carbocycles. The molecule has 1 atom stereocenters. The Bertz CT molecular complexity index is 811. The van der Waals surface area contributed by atoms with E-state index >= 15 is 0 Å². The summed E-state index contributed by atoms with van der Waals surface area (Å²) in [6, 6.07) is 12.2. The first-order chi connectivity index (χ1) is 11.8. The van der Waals surface area contributed by atoms with Gasteiger partial charge in [0.25, 0.3) is 5.78 Å². The van der Waals surface area contributed by atoms with Gasteiger partial charge in [-0.2, -0.15) is 14.6 Å². The van der Waals surface area contributed by atoms with Gasteiger partial charge in [0.1, 0.15) is 12.1 Å². The second kappa shape index (κ2) is 6.57. The van der Waals surface area contributed by atoms with Gasteiger partial charge in [-0.15, -0.1) is 0 Å². The highest BCUT2D eigenvalue weighted by Gasteiger charge is 2.19. The van der Waals surface area contributed by atoms with Crippen molar-refractivity contribution >= 4 is 11.6 Å². The highest BCUT2D eigenvalue weighted by Crippen LogP contribution is 2.24. The van der Waals surface area contributed by atoms with Crippen LogP contribution >= 0.6 is 0 Å². The molecule has 1 saturated heterocycles. The lowest BCUT2D eigenvalue weighted by atomic mass is 10.1. The van der Waals surface area contributed by atoms with Gasteiger partial charge in [-0.1, -0.05) is 30.3 Å². The van der Waals surface area contributed by atoms with Gasteiger partial charge in [0.2, 0.25) is 0 Å². The normalized spacial score (nSPS) is 18.0. The summed E-state index contributed by atoms with van der Waals surface area (Å²) in [6.45, 7) is 1.70. The third-order valence-electron chi connectivity index (χ3n) is 4.45. The van der Waals surface area contributed by atoms with E-state index in [1.807, 2.05) is 18.2 Å². The van der Waals surface area contributed by atoms with Crippen LogP contribution in [0.2, 0.25) is 0 Å². The maximum atomic E-state index is 5.88. The third kappa shape index (κ3) is 2.97. The minimum absolute atomic E-state index is 0.274. The first-order valence-electron chi connectivity index (χ1n) is 8.40. The quantitative estimate of drug-likeness (QED) is 0.739. The molecule has 6 nitrogen and oxygen atoms in total. The van der Waals surface area contributed by atoms with Crippen molar-refractivity contribution in [1.29, 1.82) is 0 Å². The number of anilines is 1. The Balaban J connectivity index is 1.69. The number of rotatable bonds is 4. The number of aromatic nitrogens is 4. The summed E-state index contributed by atoms with van der Waals surface area (Å²) in [5.74, 6) is 1.59. The molecular formula is C18H21N5O. The van der Waals surface area contributed by atoms with Crippen molar-refractivity contribution in [3.05, 3.63) is 42.7 Å². The van der Waals surface area contributed by atoms with E-state index in [9.17, 15) is 0 Å². The maximum Gasteiger partial charge on any atom is 0.254 e. The fourth-order valence-electron chi connectivity index (χ4n) is 3.18. The van der Waals surface area contributed by atoms with Gasteiger partial charge in [-0.05, 0) is 19.3 Å². The summed E-state index contributed by atoms with van der Waals surface area (Å²) in [6.07, 6.45) is 5.34. The molecule has 124 valence electrons. The second-order valence-electron chi connectivity index (χ2n) is 6.21. The van der Waals surface area contributed by atoms with Gasteiger partial charge < -0.3 is 9.64 Å². The molecular weight excluding hydrogens is 302 g/mol. The number of nitrogens with zero attached hydrogens (tertiary/aromatic N) is 5. The van der Waals surface area contributed by atoms with Crippen LogP contribution in [0.3, 0.4) is 0 Å². The zero-order chi connectivity index (χ0) is 16.4. The van der Waals surface area contributed by atoms with Crippen molar-refractivity contribution < 1.29 is 4.74 Å². The Morgan fingerprint density at radius 2 is 2.12 bits per heavy atom. The molecule has 2 aromatic heterocycles. The van der Waals surface area contributed by atoms with Gasteiger partial charge in [-0.25, -0.2) is 4.98 Å². The highest BCUT2D eigenvalue weighted by atomic mass is 16.5. The van der Waals surface area contributed by atoms with E-state index in [4.69, 9.17) is 4.74 Å². The SMILES string of the molecule is CN(CC1CCCCO1)c1cc(-c2ccccc2)nc2ncnn12. The van der Waals surface area contributed by atoms with Gasteiger partial charge in [0.15, 0.2) is 0 Å². The lowest BCUT2D eigenvalue weighted by Gasteiger charge is -2.28. The monoisotopic (exact) mass is 323 g/mol. The van der Waals surface area contributed by atoms with E-state index < -0.39 is 0 Å². The predicted octanol–water partition coefficient (Wildman–Crippen LogP) is 2.80. The van der Waals surface area contributed by atoms with Crippen molar-refractivity contribution in [2.75, 3.05) is 25.1 Å². The summed E-state index contributed by atoms with van der Waals surface area (Å²) in [5.41, 5.74) is 1.98. The smallest absolute Gasteiger partial charge is 0.254 e. The Morgan fingerprint density at radius 3 is 2.92 bits per heavy atom. The molecule has 0 radical (unpaired) electrons. The standard InChI is InChI=1S/C18H21N5O/c1-22(12-15-9-5-6-10-24-15)17-11-16(14-7-3-2-4-8-14)21-18-19-13-20-23(17)18/h2-4,7-8,11,13,15H,5-6,9-10,12H2,1H3. The van der Waals surface area contributed by atoms with Crippen LogP contribution in [0.5, 0.6) is 0 Å². The molecule has 3 aromatic rings. The molecule has 1 fully saturated rings. The average Bonchev–Trinajstić information content (AvgIpc) is 3.11. The van der Waals surface area contributed by atoms with Crippen molar-refractivity contribution in [1.82, 2.24) is 19.6 Å². The highest BCUT2D eigenvalue weighted by molar-refractivity contribution is 5.65. The summed E-state index contributed by atoms with van der Waals surface area (Å²) in [7, 11) is 2.07. The third-order valence-corrected chi connectivity index (χ3v) is 4.45. The molecule has 0 N–H and O–H groups in total. The van der Waals surface area contributed by atoms with E-state index in [0.717, 1.165) is 36.6 Å². The van der Waals surface area contributed by atoms with Crippen molar-refractivity contribution in [2.24, 2.45) is 0 Å². The zero-order valence-corrected chi connectivity index (χ0v) is 13.8. The molecule has 1 aliphatic heterocycles. The van der Waals surface area contributed by atoms with Crippen LogP contribution in [-0.2, 0) is 4.74 Å². The van der Waals surface area contributed by atoms with Crippen LogP contribution < -0.4 is 4.90 Å². The number of hydrogen-bond donors (Lipinski definition) is 0.